The summed E-state index contributed by atoms with van der Waals surface area (Å²) < 4.78 is 78.2. The smallest absolute Gasteiger partial charge is 0.404 e. The van der Waals surface area contributed by atoms with Crippen LogP contribution in [-0.2, 0) is 26.0 Å². The van der Waals surface area contributed by atoms with Gasteiger partial charge in [-0.05, 0) is 52.5 Å². The number of methoxy groups -OCH3 is 1. The number of hydrogen-bond donors (Lipinski definition) is 1. The Balaban J connectivity index is 1.79. The Morgan fingerprint density at radius 2 is 1.89 bits per heavy atom. The van der Waals surface area contributed by atoms with E-state index in [1.54, 1.807) is 23.5 Å². The van der Waals surface area contributed by atoms with Gasteiger partial charge < -0.3 is 14.1 Å². The van der Waals surface area contributed by atoms with Crippen molar-refractivity contribution in [3.63, 3.8) is 0 Å². The Morgan fingerprint density at radius 3 is 2.50 bits per heavy atom. The molecule has 0 bridgehead atoms. The fourth-order valence-electron chi connectivity index (χ4n) is 4.96. The molecule has 11 nitrogen and oxygen atoms in total. The van der Waals surface area contributed by atoms with E-state index in [2.05, 4.69) is 15.2 Å². The Hall–Kier alpha value is -2.79. The van der Waals surface area contributed by atoms with Gasteiger partial charge in [-0.25, -0.2) is 13.4 Å². The number of carbonyl (C=O) groups is 2. The highest BCUT2D eigenvalue weighted by Crippen LogP contribution is 2.44. The van der Waals surface area contributed by atoms with Crippen LogP contribution in [0.2, 0.25) is 10.0 Å². The average molecular weight is 727 g/mol. The molecule has 3 aromatic rings. The predicted molar refractivity (Wildman–Crippen MR) is 165 cm³/mol. The number of thiazole rings is 1. The molecule has 1 aromatic carbocycles. The minimum atomic E-state index is -4.83. The molecular formula is C28H32Cl2F3N5O6S2. The number of alkyl halides is 3. The lowest BCUT2D eigenvalue weighted by Gasteiger charge is -2.33. The summed E-state index contributed by atoms with van der Waals surface area (Å²) in [5.74, 6) is -0.830. The normalized spacial score (nSPS) is 16.8. The number of hydrogen-bond acceptors (Lipinski definition) is 10. The number of halogens is 5. The molecule has 46 heavy (non-hydrogen) atoms. The number of amides is 1. The number of ether oxygens (including phenoxy) is 1. The lowest BCUT2D eigenvalue weighted by Crippen LogP contribution is -2.44. The van der Waals surface area contributed by atoms with Crippen molar-refractivity contribution in [2.75, 3.05) is 13.7 Å². The number of piperidine rings is 1. The molecule has 2 aromatic heterocycles. The zero-order valence-electron chi connectivity index (χ0n) is 25.5. The molecule has 1 saturated heterocycles. The highest BCUT2D eigenvalue weighted by molar-refractivity contribution is 7.89. The first-order valence-corrected chi connectivity index (χ1v) is 17.3. The van der Waals surface area contributed by atoms with Crippen molar-refractivity contribution in [2.24, 2.45) is 5.41 Å². The van der Waals surface area contributed by atoms with Gasteiger partial charge in [0.05, 0.1) is 27.4 Å². The van der Waals surface area contributed by atoms with E-state index in [4.69, 9.17) is 32.4 Å². The topological polar surface area (TPSA) is 145 Å². The van der Waals surface area contributed by atoms with Crippen LogP contribution in [0.3, 0.4) is 0 Å². The molecule has 1 amide bonds. The number of carbonyl (C=O) groups excluding carboxylic acids is 2. The Labute approximate surface area is 277 Å². The second kappa shape index (κ2) is 13.7. The maximum absolute atomic E-state index is 13.9. The maximum Gasteiger partial charge on any atom is 0.404 e. The molecule has 0 radical (unpaired) electrons. The Morgan fingerprint density at radius 1 is 1.20 bits per heavy atom. The molecule has 3 heterocycles. The number of esters is 1. The summed E-state index contributed by atoms with van der Waals surface area (Å²) in [4.78, 5) is 31.8. The summed E-state index contributed by atoms with van der Waals surface area (Å²) in [5.41, 5.74) is -0.883. The maximum atomic E-state index is 13.9. The van der Waals surface area contributed by atoms with Gasteiger partial charge in [0, 0.05) is 24.6 Å². The van der Waals surface area contributed by atoms with E-state index < -0.39 is 55.9 Å². The van der Waals surface area contributed by atoms with E-state index in [1.165, 1.54) is 20.1 Å². The number of nitrogens with one attached hydrogen (secondary N) is 1. The van der Waals surface area contributed by atoms with E-state index in [0.717, 1.165) is 36.7 Å². The summed E-state index contributed by atoms with van der Waals surface area (Å²) in [5, 5.41) is 7.36. The number of rotatable bonds is 10. The fraction of sp³-hybridized carbons (Fsp3) is 0.536. The molecule has 18 heteroatoms. The second-order valence-electron chi connectivity index (χ2n) is 11.5. The zero-order chi connectivity index (χ0) is 34.2. The zero-order valence-corrected chi connectivity index (χ0v) is 28.6. The minimum Gasteiger partial charge on any atom is -0.469 e. The van der Waals surface area contributed by atoms with E-state index in [-0.39, 0.29) is 50.4 Å². The van der Waals surface area contributed by atoms with Crippen molar-refractivity contribution in [2.45, 2.75) is 83.0 Å². The van der Waals surface area contributed by atoms with Crippen molar-refractivity contribution in [1.82, 2.24) is 24.8 Å². The largest absolute Gasteiger partial charge is 0.469 e. The Bertz CT molecular complexity index is 1730. The van der Waals surface area contributed by atoms with Crippen molar-refractivity contribution in [3.8, 4) is 21.3 Å². The average Bonchev–Trinajstić information content (AvgIpc) is 3.63. The van der Waals surface area contributed by atoms with Gasteiger partial charge in [0.2, 0.25) is 15.9 Å². The first kappa shape index (κ1) is 36.1. The summed E-state index contributed by atoms with van der Waals surface area (Å²) in [6, 6.07) is -0.161. The van der Waals surface area contributed by atoms with Crippen LogP contribution >= 0.6 is 34.5 Å². The second-order valence-corrected chi connectivity index (χ2v) is 14.9. The molecule has 1 fully saturated rings. The van der Waals surface area contributed by atoms with Crippen LogP contribution in [0.4, 0.5) is 13.2 Å². The molecule has 1 aliphatic rings. The van der Waals surface area contributed by atoms with Crippen LogP contribution in [0.5, 0.6) is 0 Å². The summed E-state index contributed by atoms with van der Waals surface area (Å²) in [6.07, 6.45) is -2.81. The fourth-order valence-corrected chi connectivity index (χ4v) is 8.20. The summed E-state index contributed by atoms with van der Waals surface area (Å²) in [6.45, 7) is 6.88. The number of nitrogens with zero attached hydrogens (tertiary/aromatic N) is 4. The monoisotopic (exact) mass is 725 g/mol. The van der Waals surface area contributed by atoms with E-state index in [9.17, 15) is 31.2 Å². The number of benzene rings is 1. The molecule has 0 saturated carbocycles. The minimum absolute atomic E-state index is 0.0294. The third-order valence-corrected chi connectivity index (χ3v) is 11.1. The third-order valence-electron chi connectivity index (χ3n) is 7.56. The SMILES string of the molecule is CCC(NS(=O)(=O)c1ccc(-c2sc(-c3nnc(CC(C)(C)C(=O)OC)o3)nc2C(=O)N2CCCC[C@@H]2C)c(Cl)c1Cl)C(F)(F)F. The first-order valence-electron chi connectivity index (χ1n) is 14.2. The van der Waals surface area contributed by atoms with Crippen molar-refractivity contribution < 1.29 is 40.3 Å². The van der Waals surface area contributed by atoms with Crippen LogP contribution < -0.4 is 4.72 Å². The van der Waals surface area contributed by atoms with Crippen LogP contribution in [0.25, 0.3) is 21.3 Å². The highest BCUT2D eigenvalue weighted by atomic mass is 35.5. The van der Waals surface area contributed by atoms with Crippen LogP contribution in [0.1, 0.15) is 69.8 Å². The molecule has 1 unspecified atom stereocenters. The molecule has 0 aliphatic carbocycles. The van der Waals surface area contributed by atoms with E-state index in [1.807, 2.05) is 6.92 Å². The van der Waals surface area contributed by atoms with E-state index in [0.29, 0.717) is 6.54 Å². The standard InChI is InChI=1S/C28H32Cl2F3N5O6S2/c1-6-17(28(31,32)33)37-46(41,42)16-11-10-15(19(29)20(16)30)22-21(25(39)38-12-8-7-9-14(38)2)34-24(45-22)23-36-35-18(44-23)13-27(3,4)26(40)43-5/h10-11,14,17,37H,6-9,12-13H2,1-5H3/t14-,17?/m0/s1. The van der Waals surface area contributed by atoms with Gasteiger partial charge >= 0.3 is 12.1 Å². The number of sulfonamides is 1. The highest BCUT2D eigenvalue weighted by Gasteiger charge is 2.42. The number of aromatic nitrogens is 3. The molecule has 4 rings (SSSR count). The van der Waals surface area contributed by atoms with Gasteiger partial charge in [0.1, 0.15) is 16.6 Å². The van der Waals surface area contributed by atoms with Gasteiger partial charge in [-0.3, -0.25) is 9.59 Å². The van der Waals surface area contributed by atoms with Gasteiger partial charge in [-0.15, -0.1) is 21.5 Å². The molecular weight excluding hydrogens is 694 g/mol. The van der Waals surface area contributed by atoms with Crippen LogP contribution in [0.15, 0.2) is 21.4 Å². The molecule has 2 atom stereocenters. The van der Waals surface area contributed by atoms with Crippen LogP contribution in [0, 0.1) is 5.41 Å². The predicted octanol–water partition coefficient (Wildman–Crippen LogP) is 6.54. The third kappa shape index (κ3) is 7.51. The molecule has 1 aliphatic heterocycles. The molecule has 1 N–H and O–H groups in total. The van der Waals surface area contributed by atoms with Crippen molar-refractivity contribution in [1.29, 1.82) is 0 Å². The summed E-state index contributed by atoms with van der Waals surface area (Å²) >= 11 is 13.9. The summed E-state index contributed by atoms with van der Waals surface area (Å²) in [7, 11) is -3.49. The van der Waals surface area contributed by atoms with Gasteiger partial charge in [0.25, 0.3) is 11.8 Å². The molecule has 252 valence electrons. The lowest BCUT2D eigenvalue weighted by atomic mass is 9.89. The quantitative estimate of drug-likeness (QED) is 0.230. The van der Waals surface area contributed by atoms with Crippen LogP contribution in [-0.4, -0.2) is 72.3 Å². The first-order chi connectivity index (χ1) is 21.4. The van der Waals surface area contributed by atoms with Gasteiger partial charge in [-0.2, -0.15) is 17.9 Å². The Kier molecular flexibility index (Phi) is 10.8. The molecule has 0 spiro atoms. The van der Waals surface area contributed by atoms with Gasteiger partial charge in [0.15, 0.2) is 5.01 Å². The van der Waals surface area contributed by atoms with Crippen molar-refractivity contribution in [3.05, 3.63) is 33.8 Å². The van der Waals surface area contributed by atoms with Gasteiger partial charge in [-0.1, -0.05) is 36.2 Å². The van der Waals surface area contributed by atoms with Crippen molar-refractivity contribution >= 4 is 56.4 Å². The lowest BCUT2D eigenvalue weighted by molar-refractivity contribution is -0.152. The number of likely N-dealkylation sites (tertiary alicyclic amines) is 1. The van der Waals surface area contributed by atoms with E-state index >= 15 is 0 Å².